The van der Waals surface area contributed by atoms with E-state index < -0.39 is 88.8 Å². The second kappa shape index (κ2) is 19.7. The van der Waals surface area contributed by atoms with Crippen molar-refractivity contribution in [2.45, 2.75) is 85.6 Å². The number of aromatic hydroxyl groups is 3. The standard InChI is InChI=1S/C43H58N4O12.Na/c1-21-12-11-13-22(2)42(55)45-33-28(20-44-47-17-15-46(9)16-18-47)37(52)30-31(38(33)53)36(51)26(6)40-32(30)41(54)43(8,59-40)57-19-14-29(56-10)23(3)39(58-27(7)48)25(5)35(50)24(4)34(21)49;/h11-14,19-21,23-25,29,34-35,39,49-53H,15-18H2,1-10H3,(H,45,55);/q;+1/b12-11+,19-14+,22-13+,44-20+;/t21-,23+,24+,25+,29-,34-,35+,39+,43-;/m0./s1. The van der Waals surface area contributed by atoms with Crippen LogP contribution in [-0.4, -0.2) is 130 Å². The van der Waals surface area contributed by atoms with E-state index in [-0.39, 0.29) is 74.0 Å². The molecular weight excluding hydrogens is 787 g/mol. The summed E-state index contributed by atoms with van der Waals surface area (Å²) in [5.74, 6) is -8.34. The summed E-state index contributed by atoms with van der Waals surface area (Å²) in [4.78, 5) is 42.6. The number of ether oxygens (including phenoxy) is 4. The number of phenolic OH excluding ortho intramolecular Hbond substituents is 3. The average molecular weight is 846 g/mol. The maximum absolute atomic E-state index is 14.4. The van der Waals surface area contributed by atoms with E-state index in [0.29, 0.717) is 13.1 Å². The summed E-state index contributed by atoms with van der Waals surface area (Å²) >= 11 is 0. The first-order valence-corrected chi connectivity index (χ1v) is 19.8. The molecule has 0 aliphatic carbocycles. The maximum atomic E-state index is 14.4. The van der Waals surface area contributed by atoms with E-state index in [0.717, 1.165) is 13.1 Å². The molecule has 2 aromatic rings. The number of benzene rings is 2. The fourth-order valence-corrected chi connectivity index (χ4v) is 7.92. The molecule has 1 saturated heterocycles. The Hall–Kier alpha value is -4.16. The van der Waals surface area contributed by atoms with Gasteiger partial charge < -0.3 is 54.7 Å². The Morgan fingerprint density at radius 3 is 2.22 bits per heavy atom. The molecule has 6 N–H and O–H groups in total. The van der Waals surface area contributed by atoms with Crippen molar-refractivity contribution in [3.63, 3.8) is 0 Å². The summed E-state index contributed by atoms with van der Waals surface area (Å²) in [5, 5.41) is 66.8. The fourth-order valence-electron chi connectivity index (χ4n) is 7.92. The number of carbonyl (C=O) groups excluding carboxylic acids is 3. The zero-order valence-corrected chi connectivity index (χ0v) is 38.3. The van der Waals surface area contributed by atoms with Gasteiger partial charge >= 0.3 is 41.3 Å². The molecule has 0 spiro atoms. The molecule has 0 saturated carbocycles. The van der Waals surface area contributed by atoms with Gasteiger partial charge in [-0.3, -0.25) is 19.4 Å². The number of methoxy groups -OCH3 is 1. The predicted octanol–water partition coefficient (Wildman–Crippen LogP) is 1.34. The molecule has 5 bridgehead atoms. The number of aliphatic hydroxyl groups excluding tert-OH is 2. The predicted molar refractivity (Wildman–Crippen MR) is 220 cm³/mol. The number of aliphatic hydroxyl groups is 2. The van der Waals surface area contributed by atoms with Crippen LogP contribution in [0.2, 0.25) is 0 Å². The van der Waals surface area contributed by atoms with Crippen LogP contribution >= 0.6 is 0 Å². The van der Waals surface area contributed by atoms with Crippen LogP contribution in [0.4, 0.5) is 5.69 Å². The second-order valence-corrected chi connectivity index (χ2v) is 16.1. The summed E-state index contributed by atoms with van der Waals surface area (Å²) in [7, 11) is 3.42. The molecule has 9 atom stereocenters. The van der Waals surface area contributed by atoms with Gasteiger partial charge in [-0.15, -0.1) is 0 Å². The zero-order valence-electron chi connectivity index (χ0n) is 36.3. The molecule has 1 fully saturated rings. The first kappa shape index (κ1) is 48.5. The van der Waals surface area contributed by atoms with Crippen LogP contribution in [-0.2, 0) is 23.8 Å². The topological polar surface area (TPSA) is 220 Å². The van der Waals surface area contributed by atoms with Crippen molar-refractivity contribution in [2.75, 3.05) is 45.7 Å². The summed E-state index contributed by atoms with van der Waals surface area (Å²) in [5.41, 5.74) is -0.350. The molecular formula is C43H58N4NaO12+. The van der Waals surface area contributed by atoms with E-state index >= 15 is 0 Å². The number of nitrogens with zero attached hydrogens (tertiary/aromatic N) is 3. The molecule has 2 aromatic carbocycles. The molecule has 60 heavy (non-hydrogen) atoms. The van der Waals surface area contributed by atoms with Gasteiger partial charge in [0.15, 0.2) is 5.75 Å². The Balaban J connectivity index is 0.00000794. The SMILES string of the molecule is CO[C@H]1/C=C/O[C@@]2(C)Oc3c(C)c(O)c4c(O)c(c(/C=N/N5CCN(C)CC5)c(O)c4c3C2=O)NC(=O)/C(C)=C/C=C/[C@H](C)[C@H](O)[C@@H](C)[C@@H](O)[C@@H](C)[C@H](OC(C)=O)[C@@H]1C.[Na+]. The molecule has 4 aliphatic heterocycles. The average Bonchev–Trinajstić information content (AvgIpc) is 3.46. The number of ketones is 1. The minimum absolute atomic E-state index is 0. The molecule has 4 aliphatic rings. The first-order chi connectivity index (χ1) is 27.7. The van der Waals surface area contributed by atoms with Crippen molar-refractivity contribution in [3.05, 3.63) is 52.8 Å². The Bertz CT molecular complexity index is 2080. The molecule has 4 heterocycles. The molecule has 16 nitrogen and oxygen atoms in total. The minimum atomic E-state index is -2.04. The van der Waals surface area contributed by atoms with Crippen LogP contribution in [0.1, 0.15) is 70.0 Å². The van der Waals surface area contributed by atoms with Crippen molar-refractivity contribution in [1.82, 2.24) is 9.91 Å². The largest absolute Gasteiger partial charge is 1.00 e. The summed E-state index contributed by atoms with van der Waals surface area (Å²) in [6.07, 6.45) is 4.86. The third-order valence-electron chi connectivity index (χ3n) is 11.9. The van der Waals surface area contributed by atoms with Crippen LogP contribution in [0.5, 0.6) is 23.0 Å². The quantitative estimate of drug-likeness (QED) is 0.0842. The molecule has 0 aromatic heterocycles. The molecule has 0 unspecified atom stereocenters. The number of piperazine rings is 1. The number of rotatable bonds is 4. The van der Waals surface area contributed by atoms with Crippen LogP contribution in [0, 0.1) is 30.6 Å². The molecule has 17 heteroatoms. The van der Waals surface area contributed by atoms with Crippen LogP contribution in [0.3, 0.4) is 0 Å². The monoisotopic (exact) mass is 845 g/mol. The van der Waals surface area contributed by atoms with E-state index in [9.17, 15) is 39.9 Å². The Labute approximate surface area is 372 Å². The van der Waals surface area contributed by atoms with Crippen LogP contribution < -0.4 is 39.6 Å². The smallest absolute Gasteiger partial charge is 0.507 e. The Morgan fingerprint density at radius 2 is 1.60 bits per heavy atom. The van der Waals surface area contributed by atoms with E-state index in [2.05, 4.69) is 15.3 Å². The minimum Gasteiger partial charge on any atom is -0.507 e. The van der Waals surface area contributed by atoms with Gasteiger partial charge in [-0.05, 0) is 27.0 Å². The van der Waals surface area contributed by atoms with E-state index in [4.69, 9.17) is 18.9 Å². The number of hydrazone groups is 1. The van der Waals surface area contributed by atoms with Gasteiger partial charge in [0.05, 0.1) is 53.0 Å². The van der Waals surface area contributed by atoms with E-state index in [1.54, 1.807) is 44.9 Å². The summed E-state index contributed by atoms with van der Waals surface area (Å²) in [6.45, 7) is 15.1. The number of Topliss-reactive ketones (excluding diaryl/α,β-unsaturated/α-hetero) is 1. The van der Waals surface area contributed by atoms with Gasteiger partial charge in [-0.2, -0.15) is 5.10 Å². The number of esters is 1. The summed E-state index contributed by atoms with van der Waals surface area (Å²) in [6, 6.07) is 0. The van der Waals surface area contributed by atoms with Crippen molar-refractivity contribution in [2.24, 2.45) is 28.8 Å². The van der Waals surface area contributed by atoms with Gasteiger partial charge in [0.25, 0.3) is 11.7 Å². The fraction of sp³-hybridized carbons (Fsp3) is 0.535. The normalized spacial score (nSPS) is 31.5. The van der Waals surface area contributed by atoms with E-state index in [1.807, 2.05) is 7.05 Å². The molecule has 322 valence electrons. The third kappa shape index (κ3) is 9.65. The third-order valence-corrected chi connectivity index (χ3v) is 11.9. The number of hydrogen-bond acceptors (Lipinski definition) is 15. The summed E-state index contributed by atoms with van der Waals surface area (Å²) < 4.78 is 23.6. The van der Waals surface area contributed by atoms with Gasteiger partial charge in [-0.1, -0.05) is 45.9 Å². The Kier molecular flexibility index (Phi) is 15.9. The van der Waals surface area contributed by atoms with Crippen LogP contribution in [0.25, 0.3) is 10.8 Å². The number of phenols is 3. The van der Waals surface area contributed by atoms with Crippen LogP contribution in [0.15, 0.2) is 41.2 Å². The molecule has 0 radical (unpaired) electrons. The van der Waals surface area contributed by atoms with Gasteiger partial charge in [-0.25, -0.2) is 0 Å². The van der Waals surface area contributed by atoms with Crippen molar-refractivity contribution < 1.29 is 88.4 Å². The zero-order chi connectivity index (χ0) is 43.7. The number of allylic oxidation sites excluding steroid dienone is 2. The van der Waals surface area contributed by atoms with Gasteiger partial charge in [0.1, 0.15) is 23.4 Å². The number of hydrogen-bond donors (Lipinski definition) is 6. The molecule has 6 rings (SSSR count). The first-order valence-electron chi connectivity index (χ1n) is 19.8. The number of amides is 1. The van der Waals surface area contributed by atoms with Crippen molar-refractivity contribution in [1.29, 1.82) is 0 Å². The number of fused-ring (bicyclic) bond motifs is 14. The second-order valence-electron chi connectivity index (χ2n) is 16.1. The van der Waals surface area contributed by atoms with Gasteiger partial charge in [0.2, 0.25) is 0 Å². The number of carbonyl (C=O) groups is 3. The van der Waals surface area contributed by atoms with Gasteiger partial charge in [0, 0.05) is 87.3 Å². The maximum Gasteiger partial charge on any atom is 1.00 e. The van der Waals surface area contributed by atoms with Crippen molar-refractivity contribution >= 4 is 40.3 Å². The van der Waals surface area contributed by atoms with Crippen molar-refractivity contribution in [3.8, 4) is 23.0 Å². The Morgan fingerprint density at radius 1 is 0.950 bits per heavy atom. The van der Waals surface area contributed by atoms with E-state index in [1.165, 1.54) is 59.4 Å². The number of likely N-dealkylation sites (N-methyl/N-ethyl adjacent to an activating group) is 1. The number of anilines is 1. The molecule has 1 amide bonds. The number of nitrogens with one attached hydrogen (secondary N) is 1.